The number of ketones is 1. The number of ether oxygens (including phenoxy) is 1. The maximum absolute atomic E-state index is 13.4. The number of hydrogen-bond donors (Lipinski definition) is 1. The van der Waals surface area contributed by atoms with Crippen LogP contribution in [0.4, 0.5) is 4.79 Å². The van der Waals surface area contributed by atoms with Gasteiger partial charge in [-0.2, -0.15) is 0 Å². The van der Waals surface area contributed by atoms with Gasteiger partial charge in [-0.25, -0.2) is 4.79 Å². The average Bonchev–Trinajstić information content (AvgIpc) is 2.96. The van der Waals surface area contributed by atoms with E-state index in [1.54, 1.807) is 23.4 Å². The topological polar surface area (TPSA) is 79.7 Å². The standard InChI is InChI=1S/C23H32N2O4/c1-21(2,3)29-20(27)25-18-10-11-22(4)17(7-8-19(22)26)16(18)9-12-23(25,28)15-6-5-13-24-14-15/h5-6,13-14,16-18,28H,7-12H2,1-4H3/t16-,17-,18-,22-,23?/m0/s1. The number of amides is 1. The molecule has 5 atom stereocenters. The van der Waals surface area contributed by atoms with E-state index in [1.807, 2.05) is 26.8 Å². The van der Waals surface area contributed by atoms with Gasteiger partial charge < -0.3 is 9.84 Å². The minimum absolute atomic E-state index is 0.146. The largest absolute Gasteiger partial charge is 0.444 e. The van der Waals surface area contributed by atoms with Gasteiger partial charge in [-0.05, 0) is 64.4 Å². The summed E-state index contributed by atoms with van der Waals surface area (Å²) >= 11 is 0. The summed E-state index contributed by atoms with van der Waals surface area (Å²) in [6.07, 6.45) is 6.95. The van der Waals surface area contributed by atoms with E-state index >= 15 is 0 Å². The van der Waals surface area contributed by atoms with Crippen LogP contribution in [0.1, 0.15) is 71.8 Å². The van der Waals surface area contributed by atoms with E-state index in [9.17, 15) is 14.7 Å². The third-order valence-corrected chi connectivity index (χ3v) is 7.38. The van der Waals surface area contributed by atoms with Crippen LogP contribution < -0.4 is 0 Å². The van der Waals surface area contributed by atoms with Crippen molar-refractivity contribution in [3.8, 4) is 0 Å². The number of likely N-dealkylation sites (tertiary alicyclic amines) is 1. The summed E-state index contributed by atoms with van der Waals surface area (Å²) in [5.74, 6) is 0.819. The van der Waals surface area contributed by atoms with Crippen LogP contribution in [0.25, 0.3) is 0 Å². The van der Waals surface area contributed by atoms with E-state index in [1.165, 1.54) is 0 Å². The quantitative estimate of drug-likeness (QED) is 0.770. The summed E-state index contributed by atoms with van der Waals surface area (Å²) < 4.78 is 5.74. The third-order valence-electron chi connectivity index (χ3n) is 7.38. The molecule has 6 heteroatoms. The molecule has 4 rings (SSSR count). The number of hydrogen-bond acceptors (Lipinski definition) is 5. The Labute approximate surface area is 172 Å². The molecule has 0 aromatic carbocycles. The van der Waals surface area contributed by atoms with Crippen molar-refractivity contribution in [3.05, 3.63) is 30.1 Å². The van der Waals surface area contributed by atoms with Gasteiger partial charge in [0, 0.05) is 42.3 Å². The molecule has 2 heterocycles. The van der Waals surface area contributed by atoms with Crippen LogP contribution in [0.3, 0.4) is 0 Å². The molecule has 1 aromatic heterocycles. The zero-order valence-electron chi connectivity index (χ0n) is 17.9. The predicted molar refractivity (Wildman–Crippen MR) is 108 cm³/mol. The molecule has 2 saturated carbocycles. The van der Waals surface area contributed by atoms with E-state index in [2.05, 4.69) is 11.9 Å². The number of piperidine rings is 1. The number of pyridine rings is 1. The number of aromatic nitrogens is 1. The second-order valence-corrected chi connectivity index (χ2v) is 10.2. The normalized spacial score (nSPS) is 37.1. The zero-order valence-corrected chi connectivity index (χ0v) is 17.9. The molecule has 1 saturated heterocycles. The van der Waals surface area contributed by atoms with Crippen LogP contribution in [-0.2, 0) is 15.3 Å². The molecule has 158 valence electrons. The van der Waals surface area contributed by atoms with Crippen molar-refractivity contribution < 1.29 is 19.4 Å². The third kappa shape index (κ3) is 3.25. The molecule has 0 radical (unpaired) electrons. The highest BCUT2D eigenvalue weighted by Crippen LogP contribution is 2.58. The first-order valence-electron chi connectivity index (χ1n) is 10.7. The molecule has 3 fully saturated rings. The highest BCUT2D eigenvalue weighted by atomic mass is 16.6. The molecular formula is C23H32N2O4. The fourth-order valence-corrected chi connectivity index (χ4v) is 6.00. The van der Waals surface area contributed by atoms with Gasteiger partial charge in [-0.3, -0.25) is 14.7 Å². The lowest BCUT2D eigenvalue weighted by atomic mass is 9.59. The van der Waals surface area contributed by atoms with Gasteiger partial charge in [-0.15, -0.1) is 0 Å². The van der Waals surface area contributed by atoms with Crippen LogP contribution in [0, 0.1) is 17.3 Å². The maximum Gasteiger partial charge on any atom is 0.413 e. The van der Waals surface area contributed by atoms with Gasteiger partial charge in [0.2, 0.25) is 0 Å². The first kappa shape index (κ1) is 20.3. The lowest BCUT2D eigenvalue weighted by Crippen LogP contribution is -2.64. The summed E-state index contributed by atoms with van der Waals surface area (Å²) in [4.78, 5) is 31.7. The van der Waals surface area contributed by atoms with E-state index in [0.717, 1.165) is 19.3 Å². The highest BCUT2D eigenvalue weighted by Gasteiger charge is 2.60. The molecular weight excluding hydrogens is 368 g/mol. The fraction of sp³-hybridized carbons (Fsp3) is 0.696. The van der Waals surface area contributed by atoms with Crippen LogP contribution in [0.15, 0.2) is 24.5 Å². The Kier molecular flexibility index (Phi) is 4.76. The Morgan fingerprint density at radius 1 is 1.28 bits per heavy atom. The SMILES string of the molecule is CC(C)(C)OC(=O)N1[C@H]2CC[C@]3(C)C(=O)CC[C@H]3[C@@H]2CCC1(O)c1cccnc1. The number of fused-ring (bicyclic) bond motifs is 3. The number of carbonyl (C=O) groups is 2. The van der Waals surface area contributed by atoms with Crippen LogP contribution in [-0.4, -0.2) is 38.5 Å². The zero-order chi connectivity index (χ0) is 21.0. The van der Waals surface area contributed by atoms with Gasteiger partial charge in [-0.1, -0.05) is 13.0 Å². The molecule has 1 amide bonds. The number of Topliss-reactive ketones (excluding diaryl/α,β-unsaturated/α-hetero) is 1. The van der Waals surface area contributed by atoms with Crippen LogP contribution in [0.2, 0.25) is 0 Å². The monoisotopic (exact) mass is 400 g/mol. The summed E-state index contributed by atoms with van der Waals surface area (Å²) in [5.41, 5.74) is -1.79. The first-order chi connectivity index (χ1) is 13.6. The van der Waals surface area contributed by atoms with Crippen molar-refractivity contribution in [1.82, 2.24) is 9.88 Å². The minimum Gasteiger partial charge on any atom is -0.444 e. The maximum atomic E-state index is 13.4. The Morgan fingerprint density at radius 2 is 2.03 bits per heavy atom. The van der Waals surface area contributed by atoms with Crippen molar-refractivity contribution >= 4 is 11.9 Å². The molecule has 1 aliphatic heterocycles. The molecule has 2 aliphatic carbocycles. The average molecular weight is 401 g/mol. The second kappa shape index (κ2) is 6.79. The predicted octanol–water partition coefficient (Wildman–Crippen LogP) is 4.02. The summed E-state index contributed by atoms with van der Waals surface area (Å²) in [5, 5.41) is 11.8. The van der Waals surface area contributed by atoms with Crippen molar-refractivity contribution in [2.45, 2.75) is 83.6 Å². The van der Waals surface area contributed by atoms with Crippen LogP contribution >= 0.6 is 0 Å². The van der Waals surface area contributed by atoms with Crippen molar-refractivity contribution in [1.29, 1.82) is 0 Å². The van der Waals surface area contributed by atoms with Crippen molar-refractivity contribution in [3.63, 3.8) is 0 Å². The summed E-state index contributed by atoms with van der Waals surface area (Å²) in [6.45, 7) is 7.61. The molecule has 3 aliphatic rings. The van der Waals surface area contributed by atoms with E-state index < -0.39 is 17.4 Å². The molecule has 0 bridgehead atoms. The van der Waals surface area contributed by atoms with Crippen molar-refractivity contribution in [2.75, 3.05) is 0 Å². The van der Waals surface area contributed by atoms with Gasteiger partial charge >= 0.3 is 6.09 Å². The minimum atomic E-state index is -1.45. The molecule has 1 aromatic rings. The number of carbonyl (C=O) groups excluding carboxylic acids is 2. The second-order valence-electron chi connectivity index (χ2n) is 10.2. The Bertz CT molecular complexity index is 805. The highest BCUT2D eigenvalue weighted by molar-refractivity contribution is 5.87. The Hall–Kier alpha value is -1.95. The van der Waals surface area contributed by atoms with E-state index in [0.29, 0.717) is 30.6 Å². The lowest BCUT2D eigenvalue weighted by molar-refractivity contribution is -0.188. The van der Waals surface area contributed by atoms with E-state index in [4.69, 9.17) is 4.74 Å². The fourth-order valence-electron chi connectivity index (χ4n) is 6.00. The molecule has 1 unspecified atom stereocenters. The summed E-state index contributed by atoms with van der Waals surface area (Å²) in [7, 11) is 0. The van der Waals surface area contributed by atoms with E-state index in [-0.39, 0.29) is 23.3 Å². The number of nitrogens with zero attached hydrogens (tertiary/aromatic N) is 2. The smallest absolute Gasteiger partial charge is 0.413 e. The molecule has 29 heavy (non-hydrogen) atoms. The number of rotatable bonds is 1. The van der Waals surface area contributed by atoms with Crippen LogP contribution in [0.5, 0.6) is 0 Å². The first-order valence-corrected chi connectivity index (χ1v) is 10.7. The van der Waals surface area contributed by atoms with Gasteiger partial charge in [0.05, 0.1) is 0 Å². The molecule has 1 N–H and O–H groups in total. The van der Waals surface area contributed by atoms with Gasteiger partial charge in [0.15, 0.2) is 5.72 Å². The van der Waals surface area contributed by atoms with Gasteiger partial charge in [0.25, 0.3) is 0 Å². The molecule has 0 spiro atoms. The Balaban J connectivity index is 1.74. The van der Waals surface area contributed by atoms with Gasteiger partial charge in [0.1, 0.15) is 11.4 Å². The Morgan fingerprint density at radius 3 is 2.69 bits per heavy atom. The lowest BCUT2D eigenvalue weighted by Gasteiger charge is -2.56. The van der Waals surface area contributed by atoms with Crippen molar-refractivity contribution in [2.24, 2.45) is 17.3 Å². The summed E-state index contributed by atoms with van der Waals surface area (Å²) in [6, 6.07) is 3.45. The number of aliphatic hydroxyl groups is 1. The molecule has 6 nitrogen and oxygen atoms in total.